The van der Waals surface area contributed by atoms with Crippen LogP contribution in [-0.2, 0) is 0 Å². The van der Waals surface area contributed by atoms with Crippen molar-refractivity contribution >= 4 is 0 Å². The molecular weight excluding hydrogens is 167 g/mol. The molecule has 0 aliphatic heterocycles. The number of rotatable bonds is 0. The molecule has 13 heavy (non-hydrogen) atoms. The number of halogens is 1. The molecule has 0 heterocycles. The van der Waals surface area contributed by atoms with Crippen LogP contribution in [0.4, 0.5) is 4.39 Å². The Kier molecular flexibility index (Phi) is 1.56. The Labute approximate surface area is 78.3 Å². The lowest BCUT2D eigenvalue weighted by atomic mass is 9.65. The number of hydrogen-bond acceptors (Lipinski definition) is 1. The Balaban J connectivity index is 1.96. The maximum atomic E-state index is 14.2. The highest BCUT2D eigenvalue weighted by Crippen LogP contribution is 2.54. The minimum Gasteiger partial charge on any atom is -0.393 e. The molecule has 4 aliphatic rings. The minimum absolute atomic E-state index is 0.182. The van der Waals surface area contributed by atoms with Gasteiger partial charge in [0, 0.05) is 0 Å². The van der Waals surface area contributed by atoms with Crippen LogP contribution in [0.5, 0.6) is 0 Å². The Morgan fingerprint density at radius 3 is 2.38 bits per heavy atom. The smallest absolute Gasteiger partial charge is 0.111 e. The highest BCUT2D eigenvalue weighted by atomic mass is 19.1. The molecule has 74 valence electrons. The van der Waals surface area contributed by atoms with Gasteiger partial charge in [-0.05, 0) is 56.3 Å². The molecule has 4 bridgehead atoms. The lowest BCUT2D eigenvalue weighted by Crippen LogP contribution is -2.46. The van der Waals surface area contributed by atoms with Gasteiger partial charge in [-0.25, -0.2) is 4.39 Å². The zero-order valence-corrected chi connectivity index (χ0v) is 7.88. The first-order valence-electron chi connectivity index (χ1n) is 5.53. The zero-order chi connectivity index (χ0) is 9.05. The van der Waals surface area contributed by atoms with Crippen molar-refractivity contribution < 1.29 is 9.50 Å². The first kappa shape index (κ1) is 8.22. The van der Waals surface area contributed by atoms with Gasteiger partial charge in [0.15, 0.2) is 0 Å². The van der Waals surface area contributed by atoms with Gasteiger partial charge in [0.2, 0.25) is 0 Å². The van der Waals surface area contributed by atoms with E-state index in [1.807, 2.05) is 0 Å². The fraction of sp³-hybridized carbons (Fsp3) is 1.00. The van der Waals surface area contributed by atoms with E-state index >= 15 is 0 Å². The average molecular weight is 184 g/mol. The molecule has 0 radical (unpaired) electrons. The fourth-order valence-corrected chi connectivity index (χ4v) is 3.95. The van der Waals surface area contributed by atoms with Crippen LogP contribution in [0.3, 0.4) is 0 Å². The Morgan fingerprint density at radius 1 is 1.15 bits per heavy atom. The standard InChI is InChI=1S/C11H17FO/c12-11-2-1-7-3-8(5-11)10(13)9(4-7)6-11/h7-10,13H,1-6H2. The van der Waals surface area contributed by atoms with Crippen molar-refractivity contribution in [1.29, 1.82) is 0 Å². The van der Waals surface area contributed by atoms with Crippen LogP contribution < -0.4 is 0 Å². The van der Waals surface area contributed by atoms with E-state index in [2.05, 4.69) is 0 Å². The molecule has 1 nitrogen and oxygen atoms in total. The first-order chi connectivity index (χ1) is 6.16. The van der Waals surface area contributed by atoms with Crippen LogP contribution in [0.1, 0.15) is 38.5 Å². The molecule has 0 aromatic heterocycles. The van der Waals surface area contributed by atoms with Crippen LogP contribution in [-0.4, -0.2) is 16.9 Å². The van der Waals surface area contributed by atoms with Gasteiger partial charge in [-0.3, -0.25) is 0 Å². The molecule has 2 heteroatoms. The predicted octanol–water partition coefficient (Wildman–Crippen LogP) is 2.29. The van der Waals surface area contributed by atoms with Crippen molar-refractivity contribution in [2.75, 3.05) is 0 Å². The highest BCUT2D eigenvalue weighted by molar-refractivity contribution is 5.02. The van der Waals surface area contributed by atoms with E-state index in [9.17, 15) is 9.50 Å². The molecule has 0 aromatic rings. The topological polar surface area (TPSA) is 20.2 Å². The summed E-state index contributed by atoms with van der Waals surface area (Å²) in [4.78, 5) is 0. The molecule has 4 fully saturated rings. The van der Waals surface area contributed by atoms with Crippen LogP contribution in [0.15, 0.2) is 0 Å². The number of hydrogen-bond donors (Lipinski definition) is 1. The molecule has 2 atom stereocenters. The van der Waals surface area contributed by atoms with E-state index in [-0.39, 0.29) is 17.9 Å². The van der Waals surface area contributed by atoms with Crippen molar-refractivity contribution in [1.82, 2.24) is 0 Å². The van der Waals surface area contributed by atoms with Crippen molar-refractivity contribution in [3.05, 3.63) is 0 Å². The molecule has 4 saturated carbocycles. The van der Waals surface area contributed by atoms with E-state index < -0.39 is 5.67 Å². The summed E-state index contributed by atoms with van der Waals surface area (Å²) in [6.45, 7) is 0. The third-order valence-corrected chi connectivity index (χ3v) is 4.49. The van der Waals surface area contributed by atoms with Gasteiger partial charge in [-0.1, -0.05) is 0 Å². The zero-order valence-electron chi connectivity index (χ0n) is 7.88. The average Bonchev–Trinajstić information content (AvgIpc) is 2.26. The summed E-state index contributed by atoms with van der Waals surface area (Å²) < 4.78 is 14.2. The third kappa shape index (κ3) is 1.14. The van der Waals surface area contributed by atoms with E-state index in [0.717, 1.165) is 31.6 Å². The maximum Gasteiger partial charge on any atom is 0.111 e. The largest absolute Gasteiger partial charge is 0.393 e. The van der Waals surface area contributed by atoms with Crippen LogP contribution in [0.25, 0.3) is 0 Å². The third-order valence-electron chi connectivity index (χ3n) is 4.49. The van der Waals surface area contributed by atoms with Gasteiger partial charge < -0.3 is 5.11 Å². The lowest BCUT2D eigenvalue weighted by molar-refractivity contribution is -0.0742. The molecule has 0 spiro atoms. The number of aliphatic hydroxyl groups excluding tert-OH is 1. The monoisotopic (exact) mass is 184 g/mol. The quantitative estimate of drug-likeness (QED) is 0.612. The van der Waals surface area contributed by atoms with Crippen molar-refractivity contribution in [2.24, 2.45) is 17.8 Å². The summed E-state index contributed by atoms with van der Waals surface area (Å²) >= 11 is 0. The van der Waals surface area contributed by atoms with Gasteiger partial charge in [0.1, 0.15) is 5.67 Å². The summed E-state index contributed by atoms with van der Waals surface area (Å²) in [7, 11) is 0. The maximum absolute atomic E-state index is 14.2. The molecule has 2 unspecified atom stereocenters. The van der Waals surface area contributed by atoms with Crippen LogP contribution in [0.2, 0.25) is 0 Å². The lowest BCUT2D eigenvalue weighted by Gasteiger charge is -2.45. The van der Waals surface area contributed by atoms with Gasteiger partial charge in [-0.15, -0.1) is 0 Å². The highest BCUT2D eigenvalue weighted by Gasteiger charge is 2.52. The predicted molar refractivity (Wildman–Crippen MR) is 48.0 cm³/mol. The Morgan fingerprint density at radius 2 is 1.77 bits per heavy atom. The second-order valence-electron chi connectivity index (χ2n) is 5.45. The normalized spacial score (nSPS) is 59.5. The summed E-state index contributed by atoms with van der Waals surface area (Å²) in [5.41, 5.74) is -0.903. The summed E-state index contributed by atoms with van der Waals surface area (Å²) in [5, 5.41) is 9.90. The number of alkyl halides is 1. The second-order valence-corrected chi connectivity index (χ2v) is 5.45. The molecule has 0 amide bonds. The van der Waals surface area contributed by atoms with Gasteiger partial charge in [0.25, 0.3) is 0 Å². The molecule has 4 aliphatic carbocycles. The van der Waals surface area contributed by atoms with Crippen molar-refractivity contribution in [3.63, 3.8) is 0 Å². The Bertz CT molecular complexity index is 212. The molecule has 4 rings (SSSR count). The summed E-state index contributed by atoms with van der Waals surface area (Å²) in [6, 6.07) is 0. The van der Waals surface area contributed by atoms with E-state index in [1.54, 1.807) is 0 Å². The number of fused-ring (bicyclic) bond motifs is 1. The second kappa shape index (κ2) is 2.47. The molecule has 1 N–H and O–H groups in total. The molecular formula is C11H17FO. The Hall–Kier alpha value is -0.110. The fourth-order valence-electron chi connectivity index (χ4n) is 3.95. The van der Waals surface area contributed by atoms with Gasteiger partial charge >= 0.3 is 0 Å². The summed E-state index contributed by atoms with van der Waals surface area (Å²) in [5.74, 6) is 1.29. The SMILES string of the molecule is OC1C2CC3CCC(F)(C2)CC1C3. The van der Waals surface area contributed by atoms with E-state index in [1.165, 1.54) is 0 Å². The molecule has 0 aromatic carbocycles. The van der Waals surface area contributed by atoms with E-state index in [0.29, 0.717) is 12.8 Å². The minimum atomic E-state index is -0.903. The van der Waals surface area contributed by atoms with Crippen molar-refractivity contribution in [2.45, 2.75) is 50.3 Å². The van der Waals surface area contributed by atoms with Gasteiger partial charge in [-0.2, -0.15) is 0 Å². The van der Waals surface area contributed by atoms with E-state index in [4.69, 9.17) is 0 Å². The van der Waals surface area contributed by atoms with Crippen LogP contribution >= 0.6 is 0 Å². The molecule has 0 saturated heterocycles. The first-order valence-corrected chi connectivity index (χ1v) is 5.53. The van der Waals surface area contributed by atoms with Crippen molar-refractivity contribution in [3.8, 4) is 0 Å². The van der Waals surface area contributed by atoms with Crippen LogP contribution in [0, 0.1) is 17.8 Å². The number of aliphatic hydroxyl groups is 1. The van der Waals surface area contributed by atoms with Gasteiger partial charge in [0.05, 0.1) is 6.10 Å². The summed E-state index contributed by atoms with van der Waals surface area (Å²) in [6.07, 6.45) is 5.10.